The zero-order valence-electron chi connectivity index (χ0n) is 11.6. The van der Waals surface area contributed by atoms with E-state index in [9.17, 15) is 4.39 Å². The first-order chi connectivity index (χ1) is 8.18. The van der Waals surface area contributed by atoms with Crippen molar-refractivity contribution < 1.29 is 9.23 Å². The highest BCUT2D eigenvalue weighted by Crippen LogP contribution is 2.34. The molecule has 1 aliphatic heterocycles. The largest absolute Gasteiger partial charge is 0.406 e. The lowest BCUT2D eigenvalue weighted by atomic mass is 10.1. The Morgan fingerprint density at radius 2 is 1.76 bits per heavy atom. The summed E-state index contributed by atoms with van der Waals surface area (Å²) in [6.07, 6.45) is 0. The summed E-state index contributed by atoms with van der Waals surface area (Å²) in [6.45, 7) is 8.56. The predicted octanol–water partition coefficient (Wildman–Crippen LogP) is 3.34. The quantitative estimate of drug-likeness (QED) is 0.817. The normalized spacial score (nSPS) is 11.2. The molecule has 1 N–H and O–H groups in total. The van der Waals surface area contributed by atoms with Gasteiger partial charge in [0.25, 0.3) is 0 Å². The molecular formula is C13H23FN2O. The summed E-state index contributed by atoms with van der Waals surface area (Å²) in [7, 11) is 3.72. The third-order valence-corrected chi connectivity index (χ3v) is 2.03. The van der Waals surface area contributed by atoms with Crippen molar-refractivity contribution >= 4 is 5.69 Å². The van der Waals surface area contributed by atoms with Crippen LogP contribution in [0.15, 0.2) is 12.1 Å². The molecule has 0 saturated heterocycles. The van der Waals surface area contributed by atoms with Crippen LogP contribution in [0.2, 0.25) is 0 Å². The Morgan fingerprint density at radius 3 is 2.29 bits per heavy atom. The Kier molecular flexibility index (Phi) is 7.30. The van der Waals surface area contributed by atoms with Crippen LogP contribution in [0.4, 0.5) is 10.1 Å². The average molecular weight is 242 g/mol. The van der Waals surface area contributed by atoms with Gasteiger partial charge in [0.2, 0.25) is 0 Å². The number of benzene rings is 1. The van der Waals surface area contributed by atoms with Gasteiger partial charge in [-0.3, -0.25) is 0 Å². The fourth-order valence-electron chi connectivity index (χ4n) is 1.40. The highest BCUT2D eigenvalue weighted by molar-refractivity contribution is 5.62. The van der Waals surface area contributed by atoms with E-state index in [0.717, 1.165) is 17.0 Å². The zero-order valence-corrected chi connectivity index (χ0v) is 11.6. The predicted molar refractivity (Wildman–Crippen MR) is 70.9 cm³/mol. The maximum absolute atomic E-state index is 13.1. The molecule has 0 aromatic heterocycles. The zero-order chi connectivity index (χ0) is 13.4. The van der Waals surface area contributed by atoms with E-state index in [1.807, 2.05) is 46.7 Å². The van der Waals surface area contributed by atoms with E-state index in [0.29, 0.717) is 6.54 Å². The van der Waals surface area contributed by atoms with E-state index in [4.69, 9.17) is 4.84 Å². The number of halogens is 1. The van der Waals surface area contributed by atoms with E-state index in [-0.39, 0.29) is 5.82 Å². The minimum absolute atomic E-state index is 0.227. The van der Waals surface area contributed by atoms with Crippen LogP contribution < -0.4 is 15.2 Å². The topological polar surface area (TPSA) is 24.5 Å². The van der Waals surface area contributed by atoms with Gasteiger partial charge < -0.3 is 9.74 Å². The molecule has 0 spiro atoms. The molecule has 0 amide bonds. The summed E-state index contributed by atoms with van der Waals surface area (Å²) in [4.78, 5) is 7.02. The van der Waals surface area contributed by atoms with E-state index in [1.165, 1.54) is 12.1 Å². The third-order valence-electron chi connectivity index (χ3n) is 2.03. The summed E-state index contributed by atoms with van der Waals surface area (Å²) in [5.74, 6) is 0.501. The summed E-state index contributed by atoms with van der Waals surface area (Å²) in [5.41, 5.74) is 4.35. The maximum Gasteiger partial charge on any atom is 0.175 e. The average Bonchev–Trinajstić information content (AvgIpc) is 2.80. The molecule has 17 heavy (non-hydrogen) atoms. The van der Waals surface area contributed by atoms with E-state index >= 15 is 0 Å². The Hall–Kier alpha value is -1.29. The molecule has 0 bridgehead atoms. The highest BCUT2D eigenvalue weighted by Gasteiger charge is 2.19. The van der Waals surface area contributed by atoms with Gasteiger partial charge in [-0.2, -0.15) is 5.48 Å². The lowest BCUT2D eigenvalue weighted by molar-refractivity contribution is 0.225. The number of nitrogens with one attached hydrogen (secondary N) is 1. The first-order valence-electron chi connectivity index (χ1n) is 6.08. The second-order valence-electron chi connectivity index (χ2n) is 3.23. The number of anilines is 1. The van der Waals surface area contributed by atoms with Crippen LogP contribution in [0.1, 0.15) is 33.3 Å². The molecular weight excluding hydrogens is 219 g/mol. The molecule has 0 aliphatic carbocycles. The Bertz CT molecular complexity index is 340. The van der Waals surface area contributed by atoms with Gasteiger partial charge in [-0.15, -0.1) is 0 Å². The molecule has 1 aromatic rings. The number of hydrogen-bond donors (Lipinski definition) is 1. The van der Waals surface area contributed by atoms with Gasteiger partial charge in [0, 0.05) is 25.7 Å². The lowest BCUT2D eigenvalue weighted by Crippen LogP contribution is -2.12. The van der Waals surface area contributed by atoms with Gasteiger partial charge in [-0.25, -0.2) is 4.39 Å². The minimum atomic E-state index is -0.227. The van der Waals surface area contributed by atoms with Crippen molar-refractivity contribution in [3.63, 3.8) is 0 Å². The molecule has 2 rings (SSSR count). The highest BCUT2D eigenvalue weighted by atomic mass is 19.1. The van der Waals surface area contributed by atoms with Crippen LogP contribution in [-0.4, -0.2) is 14.1 Å². The molecule has 0 radical (unpaired) electrons. The first-order valence-corrected chi connectivity index (χ1v) is 6.08. The van der Waals surface area contributed by atoms with Crippen molar-refractivity contribution in [2.24, 2.45) is 0 Å². The summed E-state index contributed by atoms with van der Waals surface area (Å²) >= 11 is 0. The molecule has 0 fully saturated rings. The second kappa shape index (κ2) is 7.90. The van der Waals surface area contributed by atoms with Gasteiger partial charge in [-0.1, -0.05) is 27.7 Å². The molecule has 4 heteroatoms. The van der Waals surface area contributed by atoms with Crippen molar-refractivity contribution in [1.82, 2.24) is 5.48 Å². The van der Waals surface area contributed by atoms with Crippen molar-refractivity contribution in [2.75, 3.05) is 19.0 Å². The van der Waals surface area contributed by atoms with E-state index < -0.39 is 0 Å². The van der Waals surface area contributed by atoms with Gasteiger partial charge in [0.05, 0.1) is 12.2 Å². The van der Waals surface area contributed by atoms with Crippen molar-refractivity contribution in [1.29, 1.82) is 0 Å². The van der Waals surface area contributed by atoms with E-state index in [2.05, 4.69) is 5.48 Å². The fraction of sp³-hybridized carbons (Fsp3) is 0.538. The monoisotopic (exact) mass is 242 g/mol. The third kappa shape index (κ3) is 3.89. The summed E-state index contributed by atoms with van der Waals surface area (Å²) in [6, 6.07) is 2.95. The maximum atomic E-state index is 13.1. The molecule has 1 aromatic carbocycles. The number of hydrogen-bond acceptors (Lipinski definition) is 3. The fourth-order valence-corrected chi connectivity index (χ4v) is 1.40. The number of hydroxylamine groups is 1. The Balaban J connectivity index is 0.000000581. The lowest BCUT2D eigenvalue weighted by Gasteiger charge is -2.15. The van der Waals surface area contributed by atoms with E-state index in [1.54, 1.807) is 0 Å². The van der Waals surface area contributed by atoms with Gasteiger partial charge in [0.15, 0.2) is 5.75 Å². The van der Waals surface area contributed by atoms with Crippen LogP contribution in [-0.2, 0) is 6.54 Å². The molecule has 0 unspecified atom stereocenters. The molecule has 1 aliphatic rings. The van der Waals surface area contributed by atoms with Crippen LogP contribution in [0.25, 0.3) is 0 Å². The molecule has 0 atom stereocenters. The van der Waals surface area contributed by atoms with Gasteiger partial charge in [-0.05, 0) is 6.07 Å². The first kappa shape index (κ1) is 15.7. The molecule has 0 saturated carbocycles. The summed E-state index contributed by atoms with van der Waals surface area (Å²) in [5, 5.41) is 0. The molecule has 98 valence electrons. The Morgan fingerprint density at radius 1 is 1.18 bits per heavy atom. The van der Waals surface area contributed by atoms with Crippen LogP contribution >= 0.6 is 0 Å². The van der Waals surface area contributed by atoms with Crippen LogP contribution in [0.5, 0.6) is 5.75 Å². The van der Waals surface area contributed by atoms with Crippen LogP contribution in [0.3, 0.4) is 0 Å². The minimum Gasteiger partial charge on any atom is -0.406 e. The second-order valence-corrected chi connectivity index (χ2v) is 3.23. The summed E-state index contributed by atoms with van der Waals surface area (Å²) < 4.78 is 13.1. The van der Waals surface area contributed by atoms with Crippen LogP contribution in [0, 0.1) is 5.82 Å². The van der Waals surface area contributed by atoms with Crippen molar-refractivity contribution in [3.05, 3.63) is 23.5 Å². The number of rotatable bonds is 1. The molecule has 1 heterocycles. The molecule has 3 nitrogen and oxygen atoms in total. The van der Waals surface area contributed by atoms with Crippen molar-refractivity contribution in [3.8, 4) is 5.75 Å². The Labute approximate surface area is 104 Å². The van der Waals surface area contributed by atoms with Crippen molar-refractivity contribution in [2.45, 2.75) is 34.2 Å². The van der Waals surface area contributed by atoms with Gasteiger partial charge >= 0.3 is 0 Å². The smallest absolute Gasteiger partial charge is 0.175 e. The standard InChI is InChI=1S/C9H11FN2O.2C2H6/c1-12(2)8-4-7(10)3-6-5-11-13-9(6)8;2*1-2/h3-4,11H,5H2,1-2H3;2*1-2H3. The van der Waals surface area contributed by atoms with Gasteiger partial charge in [0.1, 0.15) is 5.82 Å². The number of nitrogens with zero attached hydrogens (tertiary/aromatic N) is 1. The SMILES string of the molecule is CC.CC.CN(C)c1cc(F)cc2c1ONC2. The number of fused-ring (bicyclic) bond motifs is 1.